The van der Waals surface area contributed by atoms with E-state index >= 15 is 0 Å². The first-order chi connectivity index (χ1) is 10.9. The molecular formula is C15H19N6O2+. The summed E-state index contributed by atoms with van der Waals surface area (Å²) in [5, 5.41) is 4.44. The van der Waals surface area contributed by atoms with Gasteiger partial charge in [-0.1, -0.05) is 17.6 Å². The van der Waals surface area contributed by atoms with E-state index in [4.69, 9.17) is 0 Å². The zero-order chi connectivity index (χ0) is 16.9. The number of carbonyl (C=O) groups is 2. The quantitative estimate of drug-likeness (QED) is 0.578. The van der Waals surface area contributed by atoms with E-state index in [0.29, 0.717) is 18.3 Å². The molecule has 0 radical (unpaired) electrons. The van der Waals surface area contributed by atoms with Crippen LogP contribution in [0.15, 0.2) is 23.7 Å². The molecule has 0 aliphatic carbocycles. The monoisotopic (exact) mass is 315 g/mol. The number of amides is 3. The zero-order valence-electron chi connectivity index (χ0n) is 13.6. The van der Waals surface area contributed by atoms with Gasteiger partial charge in [-0.15, -0.1) is 9.78 Å². The van der Waals surface area contributed by atoms with Crippen molar-refractivity contribution in [1.29, 1.82) is 0 Å². The van der Waals surface area contributed by atoms with Crippen LogP contribution in [0.3, 0.4) is 0 Å². The summed E-state index contributed by atoms with van der Waals surface area (Å²) in [5.74, 6) is 0.645. The highest BCUT2D eigenvalue weighted by Gasteiger charge is 2.51. The van der Waals surface area contributed by atoms with Crippen LogP contribution < -0.4 is 0 Å². The van der Waals surface area contributed by atoms with Gasteiger partial charge in [-0.25, -0.2) is 9.37 Å². The van der Waals surface area contributed by atoms with E-state index in [2.05, 4.69) is 16.7 Å². The van der Waals surface area contributed by atoms with Crippen molar-refractivity contribution >= 4 is 23.7 Å². The Morgan fingerprint density at radius 2 is 2.00 bits per heavy atom. The maximum Gasteiger partial charge on any atom is 0.421 e. The van der Waals surface area contributed by atoms with E-state index < -0.39 is 12.1 Å². The van der Waals surface area contributed by atoms with Gasteiger partial charge >= 0.3 is 12.0 Å². The normalized spacial score (nSPS) is 21.0. The molecule has 1 aromatic rings. The summed E-state index contributed by atoms with van der Waals surface area (Å²) in [6.07, 6.45) is 1.70. The topological polar surface area (TPSA) is 73.8 Å². The second kappa shape index (κ2) is 5.15. The maximum absolute atomic E-state index is 12.6. The van der Waals surface area contributed by atoms with Crippen molar-refractivity contribution in [2.45, 2.75) is 19.9 Å². The lowest BCUT2D eigenvalue weighted by molar-refractivity contribution is -0.527. The predicted molar refractivity (Wildman–Crippen MR) is 84.6 cm³/mol. The molecule has 2 aliphatic rings. The van der Waals surface area contributed by atoms with Gasteiger partial charge in [0.05, 0.1) is 12.2 Å². The third kappa shape index (κ3) is 2.09. The van der Waals surface area contributed by atoms with E-state index in [-0.39, 0.29) is 5.91 Å². The van der Waals surface area contributed by atoms with Crippen LogP contribution >= 0.6 is 0 Å². The molecule has 0 spiro atoms. The highest BCUT2D eigenvalue weighted by molar-refractivity contribution is 6.22. The molecule has 120 valence electrons. The molecule has 23 heavy (non-hydrogen) atoms. The Morgan fingerprint density at radius 1 is 1.30 bits per heavy atom. The Morgan fingerprint density at radius 3 is 2.57 bits per heavy atom. The van der Waals surface area contributed by atoms with Crippen molar-refractivity contribution < 1.29 is 14.2 Å². The average molecular weight is 315 g/mol. The Balaban J connectivity index is 2.19. The number of imide groups is 1. The summed E-state index contributed by atoms with van der Waals surface area (Å²) >= 11 is 0. The molecule has 0 aromatic carbocycles. The molecule has 3 heterocycles. The van der Waals surface area contributed by atoms with Crippen molar-refractivity contribution in [2.75, 3.05) is 20.6 Å². The number of aryl methyl sites for hydroxylation is 2. The second-order valence-electron chi connectivity index (χ2n) is 5.69. The molecule has 1 unspecified atom stereocenters. The van der Waals surface area contributed by atoms with Gasteiger partial charge in [-0.3, -0.25) is 14.6 Å². The number of hydrogen-bond acceptors (Lipinski definition) is 4. The SMILES string of the molecule is C=CC[N+]1=C(n2nc(C)cc2C)N=C2C1C(=O)N(C)C(=O)N2C. The van der Waals surface area contributed by atoms with Gasteiger partial charge in [-0.2, -0.15) is 0 Å². The maximum atomic E-state index is 12.6. The summed E-state index contributed by atoms with van der Waals surface area (Å²) < 4.78 is 3.50. The highest BCUT2D eigenvalue weighted by Crippen LogP contribution is 2.20. The van der Waals surface area contributed by atoms with Crippen LogP contribution in [-0.2, 0) is 4.79 Å². The first-order valence-corrected chi connectivity index (χ1v) is 7.28. The molecule has 2 aliphatic heterocycles. The summed E-state index contributed by atoms with van der Waals surface area (Å²) in [4.78, 5) is 31.8. The fourth-order valence-corrected chi connectivity index (χ4v) is 2.91. The molecule has 8 nitrogen and oxygen atoms in total. The number of nitrogens with zero attached hydrogens (tertiary/aromatic N) is 6. The summed E-state index contributed by atoms with van der Waals surface area (Å²) in [6, 6.07) is 0.905. The largest absolute Gasteiger partial charge is 0.421 e. The molecule has 3 amide bonds. The molecule has 8 heteroatoms. The fourth-order valence-electron chi connectivity index (χ4n) is 2.91. The fraction of sp³-hybridized carbons (Fsp3) is 0.400. The van der Waals surface area contributed by atoms with Crippen LogP contribution in [0.25, 0.3) is 0 Å². The van der Waals surface area contributed by atoms with Crippen molar-refractivity contribution in [3.05, 3.63) is 30.1 Å². The van der Waals surface area contributed by atoms with Crippen LogP contribution in [-0.4, -0.2) is 74.6 Å². The standard InChI is InChI=1S/C15H19N6O2/c1-6-7-20-11-12(18(4)15(23)19(5)13(11)22)16-14(20)21-10(3)8-9(2)17-21/h6,8,11H,1,7H2,2-5H3/q+1. The van der Waals surface area contributed by atoms with Gasteiger partial charge in [-0.05, 0) is 19.9 Å². The Labute approximate surface area is 134 Å². The van der Waals surface area contributed by atoms with Crippen molar-refractivity contribution in [2.24, 2.45) is 4.99 Å². The van der Waals surface area contributed by atoms with Crippen LogP contribution in [0.5, 0.6) is 0 Å². The first-order valence-electron chi connectivity index (χ1n) is 7.28. The number of aromatic nitrogens is 2. The summed E-state index contributed by atoms with van der Waals surface area (Å²) in [7, 11) is 3.10. The molecule has 1 fully saturated rings. The van der Waals surface area contributed by atoms with Crippen LogP contribution in [0.1, 0.15) is 11.4 Å². The van der Waals surface area contributed by atoms with Gasteiger partial charge in [0.15, 0.2) is 0 Å². The van der Waals surface area contributed by atoms with E-state index in [1.54, 1.807) is 17.8 Å². The van der Waals surface area contributed by atoms with Gasteiger partial charge in [0.1, 0.15) is 5.69 Å². The average Bonchev–Trinajstić information content (AvgIpc) is 3.03. The lowest BCUT2D eigenvalue weighted by atomic mass is 10.1. The van der Waals surface area contributed by atoms with E-state index in [1.807, 2.05) is 24.5 Å². The molecule has 0 saturated carbocycles. The number of carbonyl (C=O) groups excluding carboxylic acids is 2. The summed E-state index contributed by atoms with van der Waals surface area (Å²) in [6.45, 7) is 7.99. The number of rotatable bonds is 2. The first kappa shape index (κ1) is 15.1. The molecule has 1 atom stereocenters. The Kier molecular flexibility index (Phi) is 3.39. The minimum atomic E-state index is -0.639. The van der Waals surface area contributed by atoms with Crippen LogP contribution in [0, 0.1) is 13.8 Å². The lowest BCUT2D eigenvalue weighted by Crippen LogP contribution is -2.61. The minimum Gasteiger partial charge on any atom is -0.270 e. The van der Waals surface area contributed by atoms with E-state index in [0.717, 1.165) is 16.3 Å². The minimum absolute atomic E-state index is 0.301. The summed E-state index contributed by atoms with van der Waals surface area (Å²) in [5.41, 5.74) is 1.76. The Hall–Kier alpha value is -2.77. The van der Waals surface area contributed by atoms with Gasteiger partial charge in [0.25, 0.3) is 5.91 Å². The van der Waals surface area contributed by atoms with Crippen molar-refractivity contribution in [3.63, 3.8) is 0 Å². The van der Waals surface area contributed by atoms with Gasteiger partial charge in [0, 0.05) is 14.1 Å². The van der Waals surface area contributed by atoms with Crippen LogP contribution in [0.2, 0.25) is 0 Å². The number of urea groups is 1. The molecule has 1 aromatic heterocycles. The Bertz CT molecular complexity index is 788. The molecule has 0 bridgehead atoms. The smallest absolute Gasteiger partial charge is 0.270 e. The number of likely N-dealkylation sites (N-methyl/N-ethyl adjacent to an activating group) is 2. The van der Waals surface area contributed by atoms with Gasteiger partial charge < -0.3 is 0 Å². The third-order valence-electron chi connectivity index (χ3n) is 4.03. The molecule has 3 rings (SSSR count). The number of hydrogen-bond donors (Lipinski definition) is 0. The van der Waals surface area contributed by atoms with Crippen molar-refractivity contribution in [1.82, 2.24) is 19.6 Å². The third-order valence-corrected chi connectivity index (χ3v) is 4.03. The number of fused-ring (bicyclic) bond motifs is 1. The predicted octanol–water partition coefficient (Wildman–Crippen LogP) is 0.207. The molecule has 0 N–H and O–H groups in total. The van der Waals surface area contributed by atoms with E-state index in [9.17, 15) is 9.59 Å². The second-order valence-corrected chi connectivity index (χ2v) is 5.69. The van der Waals surface area contributed by atoms with Crippen molar-refractivity contribution in [3.8, 4) is 0 Å². The molecule has 1 saturated heterocycles. The van der Waals surface area contributed by atoms with E-state index in [1.165, 1.54) is 11.9 Å². The van der Waals surface area contributed by atoms with Crippen LogP contribution in [0.4, 0.5) is 4.79 Å². The zero-order valence-corrected chi connectivity index (χ0v) is 13.6. The lowest BCUT2D eigenvalue weighted by Gasteiger charge is -2.31. The van der Waals surface area contributed by atoms with Gasteiger partial charge in [0.2, 0.25) is 11.9 Å². The number of amidine groups is 1. The number of aliphatic imine (C=N–C) groups is 1. The molecular weight excluding hydrogens is 296 g/mol. The highest BCUT2D eigenvalue weighted by atomic mass is 16.2.